The number of benzene rings is 1. The van der Waals surface area contributed by atoms with Crippen LogP contribution in [0.25, 0.3) is 0 Å². The Labute approximate surface area is 190 Å². The van der Waals surface area contributed by atoms with Gasteiger partial charge in [0.25, 0.3) is 5.91 Å². The molecule has 32 heavy (non-hydrogen) atoms. The standard InChI is InChI=1S/C25H32N6O/c1-31(2)23-21-5-3-4-6-22(21)29-25(30-23)28-20-13-9-18(10-14-20)16-27-24(32)19-11-7-17(15-26)8-12-19/h7-8,11-12,18,20H,3-6,9-10,13-14,16H2,1-2H3,(H,27,32)(H,28,29,30)/t18-,20+. The highest BCUT2D eigenvalue weighted by Crippen LogP contribution is 2.30. The first-order chi connectivity index (χ1) is 15.5. The molecule has 0 aliphatic heterocycles. The molecule has 0 atom stereocenters. The Kier molecular flexibility index (Phi) is 6.89. The molecule has 7 nitrogen and oxygen atoms in total. The minimum Gasteiger partial charge on any atom is -0.362 e. The molecule has 1 aromatic carbocycles. The van der Waals surface area contributed by atoms with Gasteiger partial charge in [0.05, 0.1) is 17.3 Å². The van der Waals surface area contributed by atoms with Crippen LogP contribution in [0.2, 0.25) is 0 Å². The lowest BCUT2D eigenvalue weighted by Gasteiger charge is -2.30. The summed E-state index contributed by atoms with van der Waals surface area (Å²) < 4.78 is 0. The van der Waals surface area contributed by atoms with Crippen LogP contribution in [0.5, 0.6) is 0 Å². The summed E-state index contributed by atoms with van der Waals surface area (Å²) in [5, 5.41) is 15.5. The second-order valence-electron chi connectivity index (χ2n) is 9.16. The van der Waals surface area contributed by atoms with Crippen molar-refractivity contribution in [2.75, 3.05) is 30.9 Å². The fourth-order valence-corrected chi connectivity index (χ4v) is 4.74. The van der Waals surface area contributed by atoms with E-state index in [2.05, 4.69) is 35.7 Å². The third kappa shape index (κ3) is 5.18. The summed E-state index contributed by atoms with van der Waals surface area (Å²) in [6.45, 7) is 0.686. The summed E-state index contributed by atoms with van der Waals surface area (Å²) in [5.74, 6) is 2.22. The number of nitrogens with zero attached hydrogens (tertiary/aromatic N) is 4. The monoisotopic (exact) mass is 432 g/mol. The molecule has 2 aliphatic carbocycles. The maximum Gasteiger partial charge on any atom is 0.251 e. The van der Waals surface area contributed by atoms with Crippen molar-refractivity contribution in [3.63, 3.8) is 0 Å². The number of hydrogen-bond acceptors (Lipinski definition) is 6. The highest BCUT2D eigenvalue weighted by atomic mass is 16.1. The van der Waals surface area contributed by atoms with E-state index in [1.54, 1.807) is 24.3 Å². The molecule has 1 amide bonds. The molecule has 168 valence electrons. The molecule has 2 N–H and O–H groups in total. The Hall–Kier alpha value is -3.14. The third-order valence-electron chi connectivity index (χ3n) is 6.59. The van der Waals surface area contributed by atoms with E-state index in [-0.39, 0.29) is 5.91 Å². The molecular formula is C25H32N6O. The molecule has 1 aromatic heterocycles. The smallest absolute Gasteiger partial charge is 0.251 e. The van der Waals surface area contributed by atoms with Gasteiger partial charge < -0.3 is 15.5 Å². The van der Waals surface area contributed by atoms with E-state index in [1.807, 2.05) is 0 Å². The number of nitrogens with one attached hydrogen (secondary N) is 2. The van der Waals surface area contributed by atoms with Crippen LogP contribution in [0.3, 0.4) is 0 Å². The maximum atomic E-state index is 12.4. The number of nitriles is 1. The van der Waals surface area contributed by atoms with Crippen molar-refractivity contribution in [3.05, 3.63) is 46.6 Å². The van der Waals surface area contributed by atoms with Gasteiger partial charge in [-0.25, -0.2) is 4.98 Å². The van der Waals surface area contributed by atoms with Crippen molar-refractivity contribution in [1.29, 1.82) is 5.26 Å². The van der Waals surface area contributed by atoms with E-state index in [1.165, 1.54) is 24.1 Å². The predicted molar refractivity (Wildman–Crippen MR) is 126 cm³/mol. The van der Waals surface area contributed by atoms with Gasteiger partial charge in [0, 0.05) is 37.8 Å². The second kappa shape index (κ2) is 9.99. The lowest BCUT2D eigenvalue weighted by molar-refractivity contribution is 0.0943. The topological polar surface area (TPSA) is 93.9 Å². The van der Waals surface area contributed by atoms with Crippen LogP contribution in [0.4, 0.5) is 11.8 Å². The Morgan fingerprint density at radius 3 is 2.50 bits per heavy atom. The fourth-order valence-electron chi connectivity index (χ4n) is 4.74. The van der Waals surface area contributed by atoms with Gasteiger partial charge in [-0.15, -0.1) is 0 Å². The average Bonchev–Trinajstić information content (AvgIpc) is 2.83. The van der Waals surface area contributed by atoms with Crippen molar-refractivity contribution in [2.24, 2.45) is 5.92 Å². The largest absolute Gasteiger partial charge is 0.362 e. The summed E-state index contributed by atoms with van der Waals surface area (Å²) in [6, 6.07) is 9.21. The van der Waals surface area contributed by atoms with E-state index in [9.17, 15) is 4.79 Å². The van der Waals surface area contributed by atoms with Crippen LogP contribution < -0.4 is 15.5 Å². The molecule has 0 radical (unpaired) electrons. The Morgan fingerprint density at radius 1 is 1.09 bits per heavy atom. The molecule has 1 heterocycles. The van der Waals surface area contributed by atoms with Crippen molar-refractivity contribution in [3.8, 4) is 6.07 Å². The minimum absolute atomic E-state index is 0.0755. The number of aromatic nitrogens is 2. The molecule has 7 heteroatoms. The molecular weight excluding hydrogens is 400 g/mol. The Balaban J connectivity index is 1.28. The van der Waals surface area contributed by atoms with Crippen molar-refractivity contribution in [2.45, 2.75) is 57.4 Å². The number of amides is 1. The van der Waals surface area contributed by atoms with E-state index >= 15 is 0 Å². The predicted octanol–water partition coefficient (Wildman–Crippen LogP) is 3.69. The summed E-state index contributed by atoms with van der Waals surface area (Å²) >= 11 is 0. The van der Waals surface area contributed by atoms with Crippen LogP contribution in [-0.4, -0.2) is 42.6 Å². The fraction of sp³-hybridized carbons (Fsp3) is 0.520. The van der Waals surface area contributed by atoms with Crippen LogP contribution >= 0.6 is 0 Å². The normalized spacial score (nSPS) is 20.0. The van der Waals surface area contributed by atoms with Crippen molar-refractivity contribution < 1.29 is 4.79 Å². The number of rotatable bonds is 6. The number of carbonyl (C=O) groups is 1. The average molecular weight is 433 g/mol. The van der Waals surface area contributed by atoms with E-state index in [0.29, 0.717) is 29.6 Å². The molecule has 0 spiro atoms. The maximum absolute atomic E-state index is 12.4. The molecule has 0 bridgehead atoms. The van der Waals surface area contributed by atoms with E-state index in [0.717, 1.165) is 50.3 Å². The first kappa shape index (κ1) is 22.1. The summed E-state index contributed by atoms with van der Waals surface area (Å²) in [6.07, 6.45) is 8.77. The van der Waals surface area contributed by atoms with Gasteiger partial charge in [-0.1, -0.05) is 0 Å². The number of hydrogen-bond donors (Lipinski definition) is 2. The highest BCUT2D eigenvalue weighted by molar-refractivity contribution is 5.94. The van der Waals surface area contributed by atoms with Crippen molar-refractivity contribution >= 4 is 17.7 Å². The number of carbonyl (C=O) groups excluding carboxylic acids is 1. The number of aryl methyl sites for hydroxylation is 1. The van der Waals surface area contributed by atoms with Gasteiger partial charge in [-0.3, -0.25) is 4.79 Å². The van der Waals surface area contributed by atoms with Crippen LogP contribution in [0, 0.1) is 17.2 Å². The van der Waals surface area contributed by atoms with Gasteiger partial charge in [0.1, 0.15) is 5.82 Å². The quantitative estimate of drug-likeness (QED) is 0.723. The number of fused-ring (bicyclic) bond motifs is 1. The zero-order valence-corrected chi connectivity index (χ0v) is 19.0. The molecule has 1 fully saturated rings. The number of anilines is 2. The van der Waals surface area contributed by atoms with Gasteiger partial charge >= 0.3 is 0 Å². The third-order valence-corrected chi connectivity index (χ3v) is 6.59. The van der Waals surface area contributed by atoms with Crippen LogP contribution in [-0.2, 0) is 12.8 Å². The Bertz CT molecular complexity index is 987. The highest BCUT2D eigenvalue weighted by Gasteiger charge is 2.24. The van der Waals surface area contributed by atoms with Gasteiger partial charge in [-0.2, -0.15) is 10.2 Å². The van der Waals surface area contributed by atoms with Crippen LogP contribution in [0.15, 0.2) is 24.3 Å². The van der Waals surface area contributed by atoms with Gasteiger partial charge in [0.2, 0.25) is 5.95 Å². The molecule has 2 aromatic rings. The molecule has 4 rings (SSSR count). The zero-order valence-electron chi connectivity index (χ0n) is 19.0. The summed E-state index contributed by atoms with van der Waals surface area (Å²) in [4.78, 5) is 24.2. The second-order valence-corrected chi connectivity index (χ2v) is 9.16. The molecule has 0 saturated heterocycles. The minimum atomic E-state index is -0.0755. The molecule has 2 aliphatic rings. The lowest BCUT2D eigenvalue weighted by atomic mass is 9.86. The first-order valence-electron chi connectivity index (χ1n) is 11.7. The lowest BCUT2D eigenvalue weighted by Crippen LogP contribution is -2.34. The van der Waals surface area contributed by atoms with E-state index < -0.39 is 0 Å². The van der Waals surface area contributed by atoms with Crippen molar-refractivity contribution in [1.82, 2.24) is 15.3 Å². The zero-order chi connectivity index (χ0) is 22.5. The first-order valence-corrected chi connectivity index (χ1v) is 11.7. The van der Waals surface area contributed by atoms with E-state index in [4.69, 9.17) is 15.2 Å². The van der Waals surface area contributed by atoms with Gasteiger partial charge in [-0.05, 0) is 81.5 Å². The molecule has 0 unspecified atom stereocenters. The Morgan fingerprint density at radius 2 is 1.81 bits per heavy atom. The molecule has 1 saturated carbocycles. The van der Waals surface area contributed by atoms with Gasteiger partial charge in [0.15, 0.2) is 0 Å². The summed E-state index contributed by atoms with van der Waals surface area (Å²) in [7, 11) is 4.11. The summed E-state index contributed by atoms with van der Waals surface area (Å²) in [5.41, 5.74) is 3.68. The van der Waals surface area contributed by atoms with Crippen LogP contribution in [0.1, 0.15) is 65.7 Å². The SMILES string of the molecule is CN(C)c1nc(N[C@H]2CC[C@@H](CNC(=O)c3ccc(C#N)cc3)CC2)nc2c1CCCC2.